The van der Waals surface area contributed by atoms with Gasteiger partial charge in [0.1, 0.15) is 34.4 Å². The average Bonchev–Trinajstić information content (AvgIpc) is 3.62. The molecule has 0 saturated carbocycles. The summed E-state index contributed by atoms with van der Waals surface area (Å²) in [6, 6.07) is 21.1. The van der Waals surface area contributed by atoms with Crippen molar-refractivity contribution in [2.45, 2.75) is 19.8 Å². The van der Waals surface area contributed by atoms with E-state index in [4.69, 9.17) is 19.3 Å². The molecule has 0 bridgehead atoms. The molecule has 0 aliphatic carbocycles. The molecule has 7 rings (SSSR count). The number of benzene rings is 2. The molecule has 5 aromatic rings. The number of aliphatic imine (C=N–C) groups is 2. The molecule has 0 amide bonds. The molecule has 40 heavy (non-hydrogen) atoms. The second-order valence-electron chi connectivity index (χ2n) is 9.79. The number of furan rings is 1. The van der Waals surface area contributed by atoms with Crippen LogP contribution < -0.4 is 10.6 Å². The summed E-state index contributed by atoms with van der Waals surface area (Å²) in [5, 5.41) is 15.2. The zero-order valence-electron chi connectivity index (χ0n) is 22.2. The van der Waals surface area contributed by atoms with Gasteiger partial charge in [0.25, 0.3) is 5.97 Å². The third-order valence-electron chi connectivity index (χ3n) is 6.78. The van der Waals surface area contributed by atoms with Crippen LogP contribution in [-0.4, -0.2) is 58.3 Å². The van der Waals surface area contributed by atoms with Crippen LogP contribution >= 0.6 is 0 Å². The van der Waals surface area contributed by atoms with Crippen molar-refractivity contribution in [2.24, 2.45) is 9.98 Å². The maximum atomic E-state index is 9.00. The van der Waals surface area contributed by atoms with Gasteiger partial charge in [-0.1, -0.05) is 36.4 Å². The highest BCUT2D eigenvalue weighted by Crippen LogP contribution is 2.30. The number of aliphatic carboxylic acids is 1. The van der Waals surface area contributed by atoms with E-state index >= 15 is 0 Å². The molecule has 0 fully saturated rings. The molecule has 2 aliphatic rings. The van der Waals surface area contributed by atoms with Gasteiger partial charge in [0.15, 0.2) is 0 Å². The van der Waals surface area contributed by atoms with E-state index in [2.05, 4.69) is 91.9 Å². The van der Waals surface area contributed by atoms with E-state index in [9.17, 15) is 0 Å². The minimum absolute atomic E-state index is 0.833. The van der Waals surface area contributed by atoms with Crippen LogP contribution in [0.1, 0.15) is 31.0 Å². The number of aromatic nitrogens is 2. The number of carbonyl (C=O) groups is 1. The lowest BCUT2D eigenvalue weighted by Gasteiger charge is -2.14. The first-order valence-corrected chi connectivity index (χ1v) is 13.4. The number of nitrogens with zero attached hydrogens (tertiary/aromatic N) is 4. The van der Waals surface area contributed by atoms with Crippen molar-refractivity contribution in [1.29, 1.82) is 0 Å². The molecule has 3 N–H and O–H groups in total. The Morgan fingerprint density at radius 1 is 0.825 bits per heavy atom. The summed E-state index contributed by atoms with van der Waals surface area (Å²) in [4.78, 5) is 22.9. The quantitative estimate of drug-likeness (QED) is 0.299. The fraction of sp³-hybridized carbons (Fsp3) is 0.226. The summed E-state index contributed by atoms with van der Waals surface area (Å²) in [5.74, 6) is 1.87. The summed E-state index contributed by atoms with van der Waals surface area (Å²) in [5.41, 5.74) is 7.08. The molecule has 9 heteroatoms. The van der Waals surface area contributed by atoms with Crippen LogP contribution in [-0.2, 0) is 4.79 Å². The lowest BCUT2D eigenvalue weighted by molar-refractivity contribution is -0.134. The highest BCUT2D eigenvalue weighted by molar-refractivity contribution is 6.02. The SMILES string of the molecule is CC(=O)O.c1cc2cc(-c3ccc(-c4ccc5nc(C6=NCCCN6)cn5c4)cc3)oc2cc1C1=NCCCN1. The molecular formula is C31H30N6O3. The third kappa shape index (κ3) is 5.44. The summed E-state index contributed by atoms with van der Waals surface area (Å²) in [6.07, 6.45) is 6.31. The van der Waals surface area contributed by atoms with Crippen LogP contribution in [0.25, 0.3) is 39.1 Å². The van der Waals surface area contributed by atoms with Crippen LogP contribution in [0.5, 0.6) is 0 Å². The lowest BCUT2D eigenvalue weighted by atomic mass is 10.0. The summed E-state index contributed by atoms with van der Waals surface area (Å²) < 4.78 is 8.31. The number of hydrogen-bond acceptors (Lipinski definition) is 7. The normalized spacial score (nSPS) is 14.9. The second-order valence-corrected chi connectivity index (χ2v) is 9.79. The summed E-state index contributed by atoms with van der Waals surface area (Å²) in [6.45, 7) is 4.72. The molecular weight excluding hydrogens is 504 g/mol. The monoisotopic (exact) mass is 534 g/mol. The van der Waals surface area contributed by atoms with Gasteiger partial charge < -0.3 is 24.6 Å². The van der Waals surface area contributed by atoms with Crippen molar-refractivity contribution in [1.82, 2.24) is 20.0 Å². The Labute approximate surface area is 231 Å². The lowest BCUT2D eigenvalue weighted by Crippen LogP contribution is -2.30. The molecule has 3 aromatic heterocycles. The fourth-order valence-electron chi connectivity index (χ4n) is 4.85. The zero-order valence-corrected chi connectivity index (χ0v) is 22.2. The fourth-order valence-corrected chi connectivity index (χ4v) is 4.85. The van der Waals surface area contributed by atoms with Gasteiger partial charge in [-0.3, -0.25) is 14.8 Å². The van der Waals surface area contributed by atoms with Gasteiger partial charge in [-0.05, 0) is 48.2 Å². The smallest absolute Gasteiger partial charge is 0.300 e. The van der Waals surface area contributed by atoms with Crippen LogP contribution in [0.15, 0.2) is 87.5 Å². The van der Waals surface area contributed by atoms with Crippen LogP contribution in [0.4, 0.5) is 0 Å². The van der Waals surface area contributed by atoms with Crippen molar-refractivity contribution in [2.75, 3.05) is 26.2 Å². The molecule has 0 saturated heterocycles. The zero-order chi connectivity index (χ0) is 27.5. The van der Waals surface area contributed by atoms with Crippen molar-refractivity contribution < 1.29 is 14.3 Å². The van der Waals surface area contributed by atoms with E-state index < -0.39 is 5.97 Å². The predicted octanol–water partition coefficient (Wildman–Crippen LogP) is 4.99. The third-order valence-corrected chi connectivity index (χ3v) is 6.78. The number of fused-ring (bicyclic) bond motifs is 2. The Bertz CT molecular complexity index is 1700. The Kier molecular flexibility index (Phi) is 7.01. The average molecular weight is 535 g/mol. The second kappa shape index (κ2) is 11.1. The number of carboxylic acids is 1. The van der Waals surface area contributed by atoms with E-state index in [1.165, 1.54) is 0 Å². The van der Waals surface area contributed by atoms with Gasteiger partial charge in [-0.2, -0.15) is 0 Å². The van der Waals surface area contributed by atoms with E-state index in [-0.39, 0.29) is 0 Å². The highest BCUT2D eigenvalue weighted by atomic mass is 16.4. The number of imidazole rings is 1. The summed E-state index contributed by atoms with van der Waals surface area (Å²) >= 11 is 0. The molecule has 0 spiro atoms. The number of pyridine rings is 1. The molecule has 202 valence electrons. The van der Waals surface area contributed by atoms with Gasteiger partial charge >= 0.3 is 0 Å². The van der Waals surface area contributed by atoms with Crippen LogP contribution in [0.3, 0.4) is 0 Å². The van der Waals surface area contributed by atoms with Gasteiger partial charge in [0.05, 0.1) is 0 Å². The Morgan fingerprint density at radius 2 is 1.48 bits per heavy atom. The largest absolute Gasteiger partial charge is 0.481 e. The molecule has 0 unspecified atom stereocenters. The van der Waals surface area contributed by atoms with Gasteiger partial charge in [-0.15, -0.1) is 0 Å². The van der Waals surface area contributed by atoms with Crippen molar-refractivity contribution in [3.05, 3.63) is 84.3 Å². The van der Waals surface area contributed by atoms with Crippen LogP contribution in [0, 0.1) is 0 Å². The molecule has 0 atom stereocenters. The van der Waals surface area contributed by atoms with Crippen molar-refractivity contribution >= 4 is 34.3 Å². The number of rotatable bonds is 4. The molecule has 0 radical (unpaired) electrons. The van der Waals surface area contributed by atoms with E-state index in [1.54, 1.807) is 0 Å². The first-order chi connectivity index (χ1) is 19.5. The van der Waals surface area contributed by atoms with E-state index in [0.717, 1.165) is 108 Å². The molecule has 2 aromatic carbocycles. The maximum absolute atomic E-state index is 9.00. The highest BCUT2D eigenvalue weighted by Gasteiger charge is 2.13. The number of carboxylic acid groups (broad SMARTS) is 1. The van der Waals surface area contributed by atoms with Crippen molar-refractivity contribution in [3.63, 3.8) is 0 Å². The minimum atomic E-state index is -0.833. The summed E-state index contributed by atoms with van der Waals surface area (Å²) in [7, 11) is 0. The molecule has 9 nitrogen and oxygen atoms in total. The van der Waals surface area contributed by atoms with Crippen LogP contribution in [0.2, 0.25) is 0 Å². The van der Waals surface area contributed by atoms with Gasteiger partial charge in [0, 0.05) is 62.0 Å². The standard InChI is InChI=1S/C29H26N6O.C2H4O2/c1-11-30-28(31-12-1)22-8-7-21-15-25(36-26(21)16-22)20-5-3-19(4-6-20)23-9-10-27-34-24(18-35(27)17-23)29-32-13-2-14-33-29;1-2(3)4/h3-10,15-18H,1-2,11-14H2,(H,30,31)(H,32,33);1H3,(H,3,4). The number of hydrogen-bond donors (Lipinski definition) is 3. The Morgan fingerprint density at radius 3 is 2.17 bits per heavy atom. The Hall–Kier alpha value is -4.92. The Balaban J connectivity index is 0.000000680. The molecule has 2 aliphatic heterocycles. The van der Waals surface area contributed by atoms with E-state index in [0.29, 0.717) is 0 Å². The topological polar surface area (TPSA) is 117 Å². The number of nitrogens with one attached hydrogen (secondary N) is 2. The number of amidine groups is 2. The van der Waals surface area contributed by atoms with Gasteiger partial charge in [0.2, 0.25) is 0 Å². The first-order valence-electron chi connectivity index (χ1n) is 13.4. The predicted molar refractivity (Wildman–Crippen MR) is 157 cm³/mol. The first kappa shape index (κ1) is 25.4. The van der Waals surface area contributed by atoms with Crippen molar-refractivity contribution in [3.8, 4) is 22.5 Å². The molecule has 5 heterocycles. The van der Waals surface area contributed by atoms with Gasteiger partial charge in [-0.25, -0.2) is 4.98 Å². The minimum Gasteiger partial charge on any atom is -0.481 e. The maximum Gasteiger partial charge on any atom is 0.300 e. The van der Waals surface area contributed by atoms with E-state index in [1.807, 2.05) is 6.20 Å².